The third-order valence-corrected chi connectivity index (χ3v) is 3.71. The van der Waals surface area contributed by atoms with Gasteiger partial charge in [0.1, 0.15) is 0 Å². The molecule has 0 saturated carbocycles. The third-order valence-electron chi connectivity index (χ3n) is 3.71. The topological polar surface area (TPSA) is 68.0 Å². The van der Waals surface area contributed by atoms with Gasteiger partial charge in [-0.05, 0) is 43.7 Å². The first-order valence-corrected chi connectivity index (χ1v) is 7.09. The van der Waals surface area contributed by atoms with Gasteiger partial charge >= 0.3 is 0 Å². The number of amides is 1. The van der Waals surface area contributed by atoms with Crippen molar-refractivity contribution < 1.29 is 4.79 Å². The second kappa shape index (κ2) is 5.48. The Balaban J connectivity index is 2.03. The first-order valence-electron chi connectivity index (χ1n) is 7.09. The maximum atomic E-state index is 12.6. The van der Waals surface area contributed by atoms with Crippen molar-refractivity contribution in [2.75, 3.05) is 11.1 Å². The summed E-state index contributed by atoms with van der Waals surface area (Å²) in [5, 5.41) is 3.90. The van der Waals surface area contributed by atoms with Crippen molar-refractivity contribution in [2.24, 2.45) is 0 Å². The van der Waals surface area contributed by atoms with Gasteiger partial charge in [-0.3, -0.25) is 9.78 Å². The molecule has 3 rings (SSSR count). The van der Waals surface area contributed by atoms with Gasteiger partial charge in [-0.2, -0.15) is 0 Å². The van der Waals surface area contributed by atoms with E-state index in [-0.39, 0.29) is 5.91 Å². The van der Waals surface area contributed by atoms with E-state index in [9.17, 15) is 4.79 Å². The Bertz CT molecular complexity index is 871. The Morgan fingerprint density at radius 2 is 1.86 bits per heavy atom. The van der Waals surface area contributed by atoms with Crippen LogP contribution in [-0.4, -0.2) is 10.9 Å². The van der Waals surface area contributed by atoms with Crippen molar-refractivity contribution in [3.8, 4) is 0 Å². The maximum Gasteiger partial charge on any atom is 0.256 e. The zero-order valence-electron chi connectivity index (χ0n) is 12.6. The molecule has 0 aliphatic carbocycles. The Labute approximate surface area is 129 Å². The van der Waals surface area contributed by atoms with Crippen LogP contribution in [-0.2, 0) is 0 Å². The molecule has 0 saturated heterocycles. The fourth-order valence-corrected chi connectivity index (χ4v) is 2.50. The minimum Gasteiger partial charge on any atom is -0.398 e. The molecule has 0 unspecified atom stereocenters. The van der Waals surface area contributed by atoms with Gasteiger partial charge in [0.25, 0.3) is 5.91 Å². The van der Waals surface area contributed by atoms with Crippen LogP contribution in [0, 0.1) is 13.8 Å². The first-order chi connectivity index (χ1) is 10.6. The molecule has 1 amide bonds. The van der Waals surface area contributed by atoms with Gasteiger partial charge in [0, 0.05) is 22.3 Å². The number of hydrogen-bond acceptors (Lipinski definition) is 3. The highest BCUT2D eigenvalue weighted by Gasteiger charge is 2.12. The van der Waals surface area contributed by atoms with Crippen LogP contribution in [0.5, 0.6) is 0 Å². The molecule has 0 spiro atoms. The van der Waals surface area contributed by atoms with Gasteiger partial charge in [-0.15, -0.1) is 0 Å². The van der Waals surface area contributed by atoms with Crippen molar-refractivity contribution in [3.05, 3.63) is 65.4 Å². The number of nitrogens with one attached hydrogen (secondary N) is 1. The number of fused-ring (bicyclic) bond motifs is 1. The van der Waals surface area contributed by atoms with Gasteiger partial charge < -0.3 is 11.1 Å². The first kappa shape index (κ1) is 14.1. The molecule has 0 fully saturated rings. The van der Waals surface area contributed by atoms with Crippen molar-refractivity contribution in [3.63, 3.8) is 0 Å². The van der Waals surface area contributed by atoms with Gasteiger partial charge in [0.05, 0.1) is 11.2 Å². The molecular formula is C18H17N3O. The van der Waals surface area contributed by atoms with Crippen molar-refractivity contribution in [1.29, 1.82) is 0 Å². The second-order valence-corrected chi connectivity index (χ2v) is 5.30. The predicted octanol–water partition coefficient (Wildman–Crippen LogP) is 3.69. The number of pyridine rings is 1. The van der Waals surface area contributed by atoms with E-state index < -0.39 is 0 Å². The molecule has 0 radical (unpaired) electrons. The number of carbonyl (C=O) groups is 1. The highest BCUT2D eigenvalue weighted by molar-refractivity contribution is 6.09. The van der Waals surface area contributed by atoms with Crippen molar-refractivity contribution in [1.82, 2.24) is 4.98 Å². The lowest BCUT2D eigenvalue weighted by Crippen LogP contribution is -2.14. The quantitative estimate of drug-likeness (QED) is 0.708. The monoisotopic (exact) mass is 291 g/mol. The number of nitrogens with two attached hydrogens (primary N) is 1. The number of aromatic nitrogens is 1. The Hall–Kier alpha value is -2.88. The summed E-state index contributed by atoms with van der Waals surface area (Å²) >= 11 is 0. The molecule has 1 aromatic heterocycles. The fourth-order valence-electron chi connectivity index (χ4n) is 2.50. The SMILES string of the molecule is Cc1cc(NC(=O)c2cccc(N)c2C)c2ccccc2n1. The number of aryl methyl sites for hydroxylation is 1. The number of nitrogen functional groups attached to an aromatic ring is 1. The number of benzene rings is 2. The zero-order chi connectivity index (χ0) is 15.7. The molecule has 110 valence electrons. The van der Waals surface area contributed by atoms with Crippen LogP contribution in [0.3, 0.4) is 0 Å². The van der Waals surface area contributed by atoms with E-state index in [1.165, 1.54) is 0 Å². The summed E-state index contributed by atoms with van der Waals surface area (Å²) in [7, 11) is 0. The lowest BCUT2D eigenvalue weighted by molar-refractivity contribution is 0.102. The Morgan fingerprint density at radius 3 is 2.68 bits per heavy atom. The van der Waals surface area contributed by atoms with E-state index in [1.807, 2.05) is 44.2 Å². The summed E-state index contributed by atoms with van der Waals surface area (Å²) in [4.78, 5) is 17.0. The Kier molecular flexibility index (Phi) is 3.51. The van der Waals surface area contributed by atoms with Gasteiger partial charge in [0.15, 0.2) is 0 Å². The summed E-state index contributed by atoms with van der Waals surface area (Å²) < 4.78 is 0. The lowest BCUT2D eigenvalue weighted by Gasteiger charge is -2.12. The highest BCUT2D eigenvalue weighted by Crippen LogP contribution is 2.24. The fraction of sp³-hybridized carbons (Fsp3) is 0.111. The minimum absolute atomic E-state index is 0.166. The van der Waals surface area contributed by atoms with E-state index in [1.54, 1.807) is 18.2 Å². The number of anilines is 2. The average molecular weight is 291 g/mol. The van der Waals surface area contributed by atoms with Crippen LogP contribution in [0.4, 0.5) is 11.4 Å². The third kappa shape index (κ3) is 2.51. The minimum atomic E-state index is -0.166. The Morgan fingerprint density at radius 1 is 1.09 bits per heavy atom. The van der Waals surface area contributed by atoms with Crippen LogP contribution >= 0.6 is 0 Å². The number of para-hydroxylation sites is 1. The van der Waals surface area contributed by atoms with Crippen LogP contribution in [0.25, 0.3) is 10.9 Å². The molecule has 0 atom stereocenters. The number of nitrogens with zero attached hydrogens (tertiary/aromatic N) is 1. The number of rotatable bonds is 2. The molecule has 2 aromatic carbocycles. The van der Waals surface area contributed by atoms with E-state index in [2.05, 4.69) is 10.3 Å². The van der Waals surface area contributed by atoms with Crippen LogP contribution < -0.4 is 11.1 Å². The zero-order valence-corrected chi connectivity index (χ0v) is 12.6. The molecule has 4 heteroatoms. The highest BCUT2D eigenvalue weighted by atomic mass is 16.1. The van der Waals surface area contributed by atoms with Gasteiger partial charge in [-0.1, -0.05) is 24.3 Å². The van der Waals surface area contributed by atoms with Crippen LogP contribution in [0.1, 0.15) is 21.6 Å². The molecule has 0 bridgehead atoms. The smallest absolute Gasteiger partial charge is 0.256 e. The summed E-state index contributed by atoms with van der Waals surface area (Å²) in [6.45, 7) is 3.76. The number of carbonyl (C=O) groups excluding carboxylic acids is 1. The summed E-state index contributed by atoms with van der Waals surface area (Å²) in [6, 6.07) is 15.0. The summed E-state index contributed by atoms with van der Waals surface area (Å²) in [6.07, 6.45) is 0. The molecule has 3 aromatic rings. The number of hydrogen-bond donors (Lipinski definition) is 2. The average Bonchev–Trinajstić information content (AvgIpc) is 2.49. The van der Waals surface area contributed by atoms with Crippen molar-refractivity contribution >= 4 is 28.2 Å². The molecule has 22 heavy (non-hydrogen) atoms. The van der Waals surface area contributed by atoms with E-state index >= 15 is 0 Å². The summed E-state index contributed by atoms with van der Waals surface area (Å²) in [5.41, 5.74) is 10.3. The van der Waals surface area contributed by atoms with E-state index in [0.717, 1.165) is 27.8 Å². The molecule has 3 N–H and O–H groups in total. The van der Waals surface area contributed by atoms with E-state index in [0.29, 0.717) is 11.3 Å². The van der Waals surface area contributed by atoms with Crippen molar-refractivity contribution in [2.45, 2.75) is 13.8 Å². The lowest BCUT2D eigenvalue weighted by atomic mass is 10.1. The standard InChI is InChI=1S/C18H17N3O/c1-11-10-17(14-6-3-4-9-16(14)20-11)21-18(22)13-7-5-8-15(19)12(13)2/h3-10H,19H2,1-2H3,(H,20,21,22). The van der Waals surface area contributed by atoms with Crippen LogP contribution in [0.15, 0.2) is 48.5 Å². The second-order valence-electron chi connectivity index (χ2n) is 5.30. The molecule has 0 aliphatic heterocycles. The van der Waals surface area contributed by atoms with Crippen LogP contribution in [0.2, 0.25) is 0 Å². The molecular weight excluding hydrogens is 274 g/mol. The largest absolute Gasteiger partial charge is 0.398 e. The summed E-state index contributed by atoms with van der Waals surface area (Å²) in [5.74, 6) is -0.166. The van der Waals surface area contributed by atoms with Gasteiger partial charge in [0.2, 0.25) is 0 Å². The van der Waals surface area contributed by atoms with E-state index in [4.69, 9.17) is 5.73 Å². The predicted molar refractivity (Wildman–Crippen MR) is 90.0 cm³/mol. The molecule has 1 heterocycles. The molecule has 0 aliphatic rings. The molecule has 4 nitrogen and oxygen atoms in total. The normalized spacial score (nSPS) is 10.6. The maximum absolute atomic E-state index is 12.6. The van der Waals surface area contributed by atoms with Gasteiger partial charge in [-0.25, -0.2) is 0 Å².